The van der Waals surface area contributed by atoms with Crippen LogP contribution in [-0.2, 0) is 31.3 Å². The van der Waals surface area contributed by atoms with Gasteiger partial charge >= 0.3 is 5.97 Å². The monoisotopic (exact) mass is 150 g/mol. The van der Waals surface area contributed by atoms with Gasteiger partial charge in [-0.05, 0) is 6.92 Å². The molecule has 0 aliphatic heterocycles. The fourth-order valence-corrected chi connectivity index (χ4v) is 0.213. The van der Waals surface area contributed by atoms with Crippen molar-refractivity contribution in [3.05, 3.63) is 0 Å². The summed E-state index contributed by atoms with van der Waals surface area (Å²) in [5.74, 6) is -1.37. The first-order chi connectivity index (χ1) is 3.13. The third-order valence-corrected chi connectivity index (χ3v) is 0.400. The van der Waals surface area contributed by atoms with Crippen molar-refractivity contribution in [3.8, 4) is 0 Å². The molecule has 0 spiro atoms. The van der Waals surface area contributed by atoms with Crippen LogP contribution in [0, 0.1) is 0 Å². The molecule has 44 valence electrons. The third-order valence-electron chi connectivity index (χ3n) is 0.400. The predicted molar refractivity (Wildman–Crippen MR) is 22.9 cm³/mol. The zero-order valence-corrected chi connectivity index (χ0v) is 6.03. The second kappa shape index (κ2) is 5.00. The number of carbonyl (C=O) groups excluding carboxylic acids is 1. The van der Waals surface area contributed by atoms with Gasteiger partial charge in [-0.1, -0.05) is 0 Å². The molecule has 0 aromatic carbocycles. The van der Waals surface area contributed by atoms with Gasteiger partial charge in [0.2, 0.25) is 0 Å². The van der Waals surface area contributed by atoms with Crippen LogP contribution in [0.4, 0.5) is 0 Å². The summed E-state index contributed by atoms with van der Waals surface area (Å²) in [6.07, 6.45) is -0.361. The zero-order chi connectivity index (χ0) is 5.86. The number of carboxylic acid groups (broad SMARTS) is 1. The van der Waals surface area contributed by atoms with E-state index < -0.39 is 5.97 Å². The van der Waals surface area contributed by atoms with Gasteiger partial charge in [-0.15, -0.1) is 0 Å². The maximum absolute atomic E-state index is 9.87. The summed E-state index contributed by atoms with van der Waals surface area (Å²) < 4.78 is 0. The van der Waals surface area contributed by atoms with E-state index in [0.717, 1.165) is 0 Å². The summed E-state index contributed by atoms with van der Waals surface area (Å²) >= 11 is 0. The van der Waals surface area contributed by atoms with Crippen molar-refractivity contribution in [2.45, 2.75) is 13.3 Å². The van der Waals surface area contributed by atoms with Crippen LogP contribution in [0.5, 0.6) is 0 Å². The Bertz CT molecular complexity index is 87.5. The molecule has 1 N–H and O–H groups in total. The molecule has 0 unspecified atom stereocenters. The number of carbonyl (C=O) groups is 2. The third kappa shape index (κ3) is 9.29. The first-order valence-corrected chi connectivity index (χ1v) is 1.84. The average molecular weight is 150 g/mol. The summed E-state index contributed by atoms with van der Waals surface area (Å²) in [5.41, 5.74) is 0. The van der Waals surface area contributed by atoms with Crippen molar-refractivity contribution in [2.75, 3.05) is 0 Å². The van der Waals surface area contributed by atoms with Gasteiger partial charge in [-0.3, -0.25) is 9.59 Å². The molecule has 8 heavy (non-hydrogen) atoms. The number of hydrogen-bond donors (Lipinski definition) is 1. The molecule has 0 aromatic rings. The van der Waals surface area contributed by atoms with E-state index in [2.05, 4.69) is 0 Å². The maximum Gasteiger partial charge on any atom is 0.310 e. The zero-order valence-electron chi connectivity index (χ0n) is 4.47. The Labute approximate surface area is 62.0 Å². The van der Waals surface area contributed by atoms with Crippen LogP contribution in [0.25, 0.3) is 0 Å². The molecule has 0 aliphatic carbocycles. The quantitative estimate of drug-likeness (QED) is 0.446. The van der Waals surface area contributed by atoms with Gasteiger partial charge in [0.05, 0.1) is 0 Å². The Morgan fingerprint density at radius 2 is 1.88 bits per heavy atom. The van der Waals surface area contributed by atoms with Crippen LogP contribution in [0.3, 0.4) is 0 Å². The first kappa shape index (κ1) is 10.8. The van der Waals surface area contributed by atoms with E-state index in [9.17, 15) is 9.59 Å². The van der Waals surface area contributed by atoms with Crippen molar-refractivity contribution in [3.63, 3.8) is 0 Å². The molecule has 0 saturated carbocycles. The van der Waals surface area contributed by atoms with E-state index in [4.69, 9.17) is 5.11 Å². The largest absolute Gasteiger partial charge is 0.481 e. The number of aliphatic carboxylic acids is 1. The number of ketones is 1. The Morgan fingerprint density at radius 1 is 1.50 bits per heavy atom. The Kier molecular flexibility index (Phi) is 6.73. The molecular formula is C4H6O3Ti. The number of carboxylic acids is 1. The fourth-order valence-electron chi connectivity index (χ4n) is 0.213. The molecule has 0 saturated heterocycles. The smallest absolute Gasteiger partial charge is 0.310 e. The van der Waals surface area contributed by atoms with Crippen LogP contribution in [0.15, 0.2) is 0 Å². The van der Waals surface area contributed by atoms with Gasteiger partial charge in [-0.25, -0.2) is 0 Å². The second-order valence-corrected chi connectivity index (χ2v) is 1.27. The van der Waals surface area contributed by atoms with Gasteiger partial charge in [0.15, 0.2) is 0 Å². The fraction of sp³-hybridized carbons (Fsp3) is 0.500. The average Bonchev–Trinajstić information content (AvgIpc) is 1.27. The van der Waals surface area contributed by atoms with Crippen molar-refractivity contribution >= 4 is 11.8 Å². The van der Waals surface area contributed by atoms with E-state index in [1.807, 2.05) is 0 Å². The van der Waals surface area contributed by atoms with Gasteiger partial charge < -0.3 is 5.11 Å². The summed E-state index contributed by atoms with van der Waals surface area (Å²) in [7, 11) is 0. The van der Waals surface area contributed by atoms with Crippen molar-refractivity contribution in [1.29, 1.82) is 0 Å². The minimum atomic E-state index is -1.06. The normalized spacial score (nSPS) is 7.12. The van der Waals surface area contributed by atoms with E-state index >= 15 is 0 Å². The number of Topliss-reactive ketones (excluding diaryl/α,β-unsaturated/α-hetero) is 1. The molecular weight excluding hydrogens is 144 g/mol. The number of hydrogen-bond acceptors (Lipinski definition) is 2. The Balaban J connectivity index is 0. The van der Waals surface area contributed by atoms with E-state index in [1.165, 1.54) is 6.92 Å². The molecule has 0 atom stereocenters. The molecule has 0 aliphatic rings. The van der Waals surface area contributed by atoms with Crippen LogP contribution in [0.1, 0.15) is 13.3 Å². The molecule has 0 amide bonds. The SMILES string of the molecule is CC(=O)CC(=O)O.[Ti]. The van der Waals surface area contributed by atoms with Crippen molar-refractivity contribution in [1.82, 2.24) is 0 Å². The minimum absolute atomic E-state index is 0. The Morgan fingerprint density at radius 3 is 1.88 bits per heavy atom. The van der Waals surface area contributed by atoms with Crippen LogP contribution < -0.4 is 0 Å². The Hall–Kier alpha value is -0.146. The van der Waals surface area contributed by atoms with Crippen LogP contribution in [-0.4, -0.2) is 16.9 Å². The summed E-state index contributed by atoms with van der Waals surface area (Å²) in [6.45, 7) is 1.24. The van der Waals surface area contributed by atoms with Gasteiger partial charge in [0, 0.05) is 21.7 Å². The molecule has 4 heteroatoms. The molecule has 0 heterocycles. The second-order valence-electron chi connectivity index (χ2n) is 1.27. The van der Waals surface area contributed by atoms with Crippen LogP contribution in [0.2, 0.25) is 0 Å². The predicted octanol–water partition coefficient (Wildman–Crippen LogP) is 0.0476. The van der Waals surface area contributed by atoms with Crippen LogP contribution >= 0.6 is 0 Å². The molecule has 0 radical (unpaired) electrons. The maximum atomic E-state index is 9.87. The molecule has 0 aromatic heterocycles. The molecule has 3 nitrogen and oxygen atoms in total. The van der Waals surface area contributed by atoms with E-state index in [0.29, 0.717) is 0 Å². The molecule has 0 rings (SSSR count). The minimum Gasteiger partial charge on any atom is -0.481 e. The molecule has 0 fully saturated rings. The summed E-state index contributed by atoms with van der Waals surface area (Å²) in [6, 6.07) is 0. The van der Waals surface area contributed by atoms with E-state index in [1.54, 1.807) is 0 Å². The van der Waals surface area contributed by atoms with Gasteiger partial charge in [0.1, 0.15) is 12.2 Å². The van der Waals surface area contributed by atoms with Crippen molar-refractivity contribution in [2.24, 2.45) is 0 Å². The van der Waals surface area contributed by atoms with Gasteiger partial charge in [0.25, 0.3) is 0 Å². The number of rotatable bonds is 2. The first-order valence-electron chi connectivity index (χ1n) is 1.84. The van der Waals surface area contributed by atoms with Crippen molar-refractivity contribution < 1.29 is 36.4 Å². The van der Waals surface area contributed by atoms with E-state index in [-0.39, 0.29) is 33.9 Å². The standard InChI is InChI=1S/C4H6O3.Ti/c1-3(5)2-4(6)7;/h2H2,1H3,(H,6,7);. The summed E-state index contributed by atoms with van der Waals surface area (Å²) in [5, 5.41) is 7.86. The van der Waals surface area contributed by atoms with Gasteiger partial charge in [-0.2, -0.15) is 0 Å². The molecule has 0 bridgehead atoms. The summed E-state index contributed by atoms with van der Waals surface area (Å²) in [4.78, 5) is 19.5. The topological polar surface area (TPSA) is 54.4 Å².